The number of pyridine rings is 1. The van der Waals surface area contributed by atoms with Crippen LogP contribution in [0.15, 0.2) is 48.7 Å². The van der Waals surface area contributed by atoms with Gasteiger partial charge in [-0.05, 0) is 55.3 Å². The molecule has 4 aromatic rings. The summed E-state index contributed by atoms with van der Waals surface area (Å²) in [5.74, 6) is 1.92. The monoisotopic (exact) mass is 385 g/mol. The van der Waals surface area contributed by atoms with Crippen LogP contribution in [0.5, 0.6) is 0 Å². The molecule has 29 heavy (non-hydrogen) atoms. The smallest absolute Gasteiger partial charge is 0.160 e. The number of imidazole rings is 1. The number of hydrogen-bond acceptors (Lipinski definition) is 3. The number of nitrogens with one attached hydrogen (secondary N) is 1. The third-order valence-electron chi connectivity index (χ3n) is 6.85. The normalized spacial score (nSPS) is 19.2. The minimum Gasteiger partial charge on any atom is -0.357 e. The largest absolute Gasteiger partial charge is 0.357 e. The van der Waals surface area contributed by atoms with Crippen LogP contribution in [0.3, 0.4) is 0 Å². The summed E-state index contributed by atoms with van der Waals surface area (Å²) >= 11 is 0. The average molecular weight is 386 g/mol. The van der Waals surface area contributed by atoms with Gasteiger partial charge in [-0.25, -0.2) is 9.97 Å². The van der Waals surface area contributed by atoms with Crippen molar-refractivity contribution in [2.75, 3.05) is 13.1 Å². The van der Waals surface area contributed by atoms with E-state index in [0.717, 1.165) is 30.8 Å². The van der Waals surface area contributed by atoms with Gasteiger partial charge in [-0.2, -0.15) is 0 Å². The van der Waals surface area contributed by atoms with Crippen LogP contribution in [0.25, 0.3) is 22.1 Å². The van der Waals surface area contributed by atoms with E-state index in [4.69, 9.17) is 9.97 Å². The summed E-state index contributed by atoms with van der Waals surface area (Å²) in [5.41, 5.74) is 4.70. The maximum atomic E-state index is 5.00. The van der Waals surface area contributed by atoms with Crippen LogP contribution in [0.1, 0.15) is 55.6 Å². The van der Waals surface area contributed by atoms with Gasteiger partial charge in [0.1, 0.15) is 11.3 Å². The van der Waals surface area contributed by atoms with Crippen molar-refractivity contribution in [3.05, 3.63) is 60.2 Å². The second-order valence-corrected chi connectivity index (χ2v) is 8.70. The lowest BCUT2D eigenvalue weighted by Gasteiger charge is -2.35. The first-order valence-electron chi connectivity index (χ1n) is 11.0. The van der Waals surface area contributed by atoms with E-state index in [-0.39, 0.29) is 0 Å². The zero-order valence-electron chi connectivity index (χ0n) is 16.7. The molecule has 148 valence electrons. The average Bonchev–Trinajstić information content (AvgIpc) is 3.28. The van der Waals surface area contributed by atoms with Crippen LogP contribution < -0.4 is 0 Å². The van der Waals surface area contributed by atoms with E-state index < -0.39 is 0 Å². The van der Waals surface area contributed by atoms with Gasteiger partial charge in [-0.1, -0.05) is 24.6 Å². The molecule has 1 aliphatic heterocycles. The molecule has 1 aromatic carbocycles. The van der Waals surface area contributed by atoms with Crippen molar-refractivity contribution in [2.45, 2.75) is 50.6 Å². The minimum absolute atomic E-state index is 0.518. The lowest BCUT2D eigenvalue weighted by molar-refractivity contribution is 0.176. The number of H-pyrrole nitrogens is 1. The number of para-hydroxylation sites is 1. The molecule has 0 atom stereocenters. The van der Waals surface area contributed by atoms with E-state index in [1.807, 2.05) is 12.3 Å². The highest BCUT2D eigenvalue weighted by Crippen LogP contribution is 2.39. The summed E-state index contributed by atoms with van der Waals surface area (Å²) < 4.78 is 2.50. The van der Waals surface area contributed by atoms with Gasteiger partial charge in [0, 0.05) is 49.0 Å². The molecular weight excluding hydrogens is 358 g/mol. The van der Waals surface area contributed by atoms with Crippen LogP contribution >= 0.6 is 0 Å². The molecule has 1 N–H and O–H groups in total. The molecule has 0 amide bonds. The fourth-order valence-corrected chi connectivity index (χ4v) is 5.06. The van der Waals surface area contributed by atoms with Crippen molar-refractivity contribution in [1.29, 1.82) is 0 Å². The van der Waals surface area contributed by atoms with Gasteiger partial charge in [0.05, 0.1) is 0 Å². The third kappa shape index (κ3) is 3.04. The fourth-order valence-electron chi connectivity index (χ4n) is 5.06. The first kappa shape index (κ1) is 17.2. The number of benzene rings is 1. The molecule has 0 spiro atoms. The Hall–Kier alpha value is -2.66. The lowest BCUT2D eigenvalue weighted by Crippen LogP contribution is -2.35. The van der Waals surface area contributed by atoms with E-state index in [9.17, 15) is 0 Å². The molecule has 5 nitrogen and oxygen atoms in total. The summed E-state index contributed by atoms with van der Waals surface area (Å²) in [6.07, 6.45) is 8.15. The van der Waals surface area contributed by atoms with Crippen molar-refractivity contribution in [3.8, 4) is 0 Å². The SMILES string of the molecule is c1ccc2[nH]c(CN3CCC(n4c(C5CCC5)nc5cccnc54)CC3)cc2c1. The Bertz CT molecular complexity index is 1110. The van der Waals surface area contributed by atoms with Gasteiger partial charge >= 0.3 is 0 Å². The predicted molar refractivity (Wildman–Crippen MR) is 116 cm³/mol. The second kappa shape index (κ2) is 6.99. The highest BCUT2D eigenvalue weighted by Gasteiger charge is 2.31. The van der Waals surface area contributed by atoms with E-state index in [2.05, 4.69) is 50.8 Å². The number of aromatic nitrogens is 4. The van der Waals surface area contributed by atoms with Crippen LogP contribution in [0.4, 0.5) is 0 Å². The number of nitrogens with zero attached hydrogens (tertiary/aromatic N) is 4. The third-order valence-corrected chi connectivity index (χ3v) is 6.85. The number of hydrogen-bond donors (Lipinski definition) is 1. The minimum atomic E-state index is 0.518. The molecule has 0 unspecified atom stereocenters. The van der Waals surface area contributed by atoms with Crippen LogP contribution in [-0.4, -0.2) is 37.5 Å². The van der Waals surface area contributed by atoms with Crippen molar-refractivity contribution in [3.63, 3.8) is 0 Å². The Labute approximate surface area is 170 Å². The summed E-state index contributed by atoms with van der Waals surface area (Å²) in [6.45, 7) is 3.24. The molecule has 0 radical (unpaired) electrons. The molecule has 0 bridgehead atoms. The van der Waals surface area contributed by atoms with Gasteiger partial charge in [-0.15, -0.1) is 0 Å². The molecule has 6 rings (SSSR count). The Balaban J connectivity index is 1.21. The Morgan fingerprint density at radius 3 is 2.66 bits per heavy atom. The van der Waals surface area contributed by atoms with Gasteiger partial charge in [0.15, 0.2) is 5.65 Å². The van der Waals surface area contributed by atoms with E-state index in [0.29, 0.717) is 12.0 Å². The van der Waals surface area contributed by atoms with Crippen LogP contribution in [0, 0.1) is 0 Å². The highest BCUT2D eigenvalue weighted by atomic mass is 15.2. The topological polar surface area (TPSA) is 49.7 Å². The molecule has 1 aliphatic carbocycles. The molecule has 2 aliphatic rings. The summed E-state index contributed by atoms with van der Waals surface area (Å²) in [7, 11) is 0. The van der Waals surface area contributed by atoms with Gasteiger partial charge in [0.25, 0.3) is 0 Å². The Morgan fingerprint density at radius 2 is 1.86 bits per heavy atom. The van der Waals surface area contributed by atoms with Gasteiger partial charge in [0.2, 0.25) is 0 Å². The molecule has 2 fully saturated rings. The maximum absolute atomic E-state index is 5.00. The van der Waals surface area contributed by atoms with Crippen molar-refractivity contribution in [1.82, 2.24) is 24.4 Å². The summed E-state index contributed by atoms with van der Waals surface area (Å²) in [6, 6.07) is 15.5. The van der Waals surface area contributed by atoms with Crippen LogP contribution in [0.2, 0.25) is 0 Å². The van der Waals surface area contributed by atoms with Crippen molar-refractivity contribution in [2.24, 2.45) is 0 Å². The number of rotatable bonds is 4. The van der Waals surface area contributed by atoms with E-state index >= 15 is 0 Å². The molecule has 1 saturated heterocycles. The summed E-state index contributed by atoms with van der Waals surface area (Å²) in [4.78, 5) is 15.9. The maximum Gasteiger partial charge on any atom is 0.160 e. The van der Waals surface area contributed by atoms with Gasteiger partial charge < -0.3 is 9.55 Å². The standard InChI is InChI=1S/C24H27N5/c1-2-8-21-18(5-1)15-19(26-21)16-28-13-10-20(11-14-28)29-23(17-6-3-7-17)27-22-9-4-12-25-24(22)29/h1-2,4-5,8-9,12,15,17,20,26H,3,6-7,10-11,13-14,16H2. The van der Waals surface area contributed by atoms with E-state index in [1.165, 1.54) is 54.5 Å². The van der Waals surface area contributed by atoms with E-state index in [1.54, 1.807) is 0 Å². The zero-order chi connectivity index (χ0) is 19.2. The van der Waals surface area contributed by atoms with Crippen LogP contribution in [-0.2, 0) is 6.54 Å². The molecule has 1 saturated carbocycles. The lowest BCUT2D eigenvalue weighted by atomic mass is 9.84. The molecular formula is C24H27N5. The summed E-state index contributed by atoms with van der Waals surface area (Å²) in [5, 5.41) is 1.30. The first-order chi connectivity index (χ1) is 14.3. The number of aromatic amines is 1. The Morgan fingerprint density at radius 1 is 1.00 bits per heavy atom. The molecule has 4 heterocycles. The quantitative estimate of drug-likeness (QED) is 0.537. The second-order valence-electron chi connectivity index (χ2n) is 8.70. The number of likely N-dealkylation sites (tertiary alicyclic amines) is 1. The first-order valence-corrected chi connectivity index (χ1v) is 11.0. The van der Waals surface area contributed by atoms with Crippen molar-refractivity contribution >= 4 is 22.1 Å². The Kier molecular flexibility index (Phi) is 4.15. The zero-order valence-corrected chi connectivity index (χ0v) is 16.7. The van der Waals surface area contributed by atoms with Gasteiger partial charge in [-0.3, -0.25) is 4.90 Å². The number of fused-ring (bicyclic) bond motifs is 2. The predicted octanol–water partition coefficient (Wildman–Crippen LogP) is 5.02. The fraction of sp³-hybridized carbons (Fsp3) is 0.417. The highest BCUT2D eigenvalue weighted by molar-refractivity contribution is 5.80. The molecule has 3 aromatic heterocycles. The number of piperidine rings is 1. The molecule has 5 heteroatoms. The van der Waals surface area contributed by atoms with Crippen molar-refractivity contribution < 1.29 is 0 Å².